The number of hydrogen-bond acceptors (Lipinski definition) is 6. The minimum Gasteiger partial charge on any atom is -0.454 e. The summed E-state index contributed by atoms with van der Waals surface area (Å²) >= 11 is 0. The molecule has 1 aliphatic carbocycles. The van der Waals surface area contributed by atoms with E-state index in [1.54, 1.807) is 0 Å². The molecule has 0 saturated carbocycles. The van der Waals surface area contributed by atoms with Gasteiger partial charge in [-0.3, -0.25) is 9.05 Å². The van der Waals surface area contributed by atoms with E-state index in [-0.39, 0.29) is 25.2 Å². The van der Waals surface area contributed by atoms with E-state index in [2.05, 4.69) is 46.8 Å². The van der Waals surface area contributed by atoms with Crippen LogP contribution < -0.4 is 0 Å². The van der Waals surface area contributed by atoms with Gasteiger partial charge in [0.05, 0.1) is 34.4 Å². The van der Waals surface area contributed by atoms with E-state index in [1.165, 1.54) is 120 Å². The Labute approximate surface area is 338 Å². The van der Waals surface area contributed by atoms with E-state index in [1.807, 2.05) is 46.3 Å². The van der Waals surface area contributed by atoms with Gasteiger partial charge in [0.2, 0.25) is 0 Å². The number of likely N-dealkylation sites (N-methyl/N-ethyl adjacent to an activating group) is 1. The molecule has 0 aromatic carbocycles. The fourth-order valence-electron chi connectivity index (χ4n) is 6.79. The number of nitrogens with zero attached hydrogens (tertiary/aromatic N) is 1. The van der Waals surface area contributed by atoms with E-state index in [0.717, 1.165) is 30.4 Å². The van der Waals surface area contributed by atoms with Crippen LogP contribution in [0.5, 0.6) is 0 Å². The summed E-state index contributed by atoms with van der Waals surface area (Å²) in [5.41, 5.74) is 4.92. The molecule has 0 saturated heterocycles. The second-order valence-corrected chi connectivity index (χ2v) is 18.9. The SMILES string of the molecule is CCCCCCCCCCCCCCCCCCOCC(COP(=O)(O)OCC[N+](C)(C)C)OC(=O)/C=C(C)/C=C/C=C(C)/C=C/C1=C(C)CCCC1(C)C. The zero-order valence-electron chi connectivity index (χ0n) is 36.8. The van der Waals surface area contributed by atoms with Gasteiger partial charge in [0.15, 0.2) is 0 Å². The summed E-state index contributed by atoms with van der Waals surface area (Å²) in [7, 11) is 1.57. The Kier molecular flexibility index (Phi) is 27.4. The number of unbranched alkanes of at least 4 members (excludes halogenated alkanes) is 15. The minimum atomic E-state index is -4.33. The Bertz CT molecular complexity index is 1260. The molecule has 0 aliphatic heterocycles. The van der Waals surface area contributed by atoms with Crippen LogP contribution in [0.2, 0.25) is 0 Å². The van der Waals surface area contributed by atoms with Crippen LogP contribution in [0.25, 0.3) is 0 Å². The first-order valence-corrected chi connectivity index (χ1v) is 23.2. The summed E-state index contributed by atoms with van der Waals surface area (Å²) in [6.45, 7) is 13.9. The first kappa shape index (κ1) is 51.2. The van der Waals surface area contributed by atoms with Crippen molar-refractivity contribution < 1.29 is 37.3 Å². The third-order valence-corrected chi connectivity index (χ3v) is 11.3. The first-order valence-electron chi connectivity index (χ1n) is 21.7. The number of carbonyl (C=O) groups is 1. The van der Waals surface area contributed by atoms with Crippen LogP contribution in [0.1, 0.15) is 164 Å². The number of esters is 1. The molecule has 9 heteroatoms. The van der Waals surface area contributed by atoms with Crippen LogP contribution >= 0.6 is 7.82 Å². The monoisotopic (exact) mass is 793 g/mol. The number of rotatable bonds is 32. The molecule has 0 aromatic rings. The molecular weight excluding hydrogens is 709 g/mol. The van der Waals surface area contributed by atoms with Gasteiger partial charge >= 0.3 is 13.8 Å². The lowest BCUT2D eigenvalue weighted by molar-refractivity contribution is -0.870. The molecule has 318 valence electrons. The Morgan fingerprint density at radius 2 is 1.38 bits per heavy atom. The van der Waals surface area contributed by atoms with Gasteiger partial charge in [0.1, 0.15) is 19.3 Å². The normalized spacial score (nSPS) is 17.3. The zero-order valence-corrected chi connectivity index (χ0v) is 37.7. The maximum atomic E-state index is 12.9. The lowest BCUT2D eigenvalue weighted by Gasteiger charge is -2.32. The van der Waals surface area contributed by atoms with Crippen LogP contribution in [0.3, 0.4) is 0 Å². The highest BCUT2D eigenvalue weighted by molar-refractivity contribution is 7.47. The van der Waals surface area contributed by atoms with Crippen molar-refractivity contribution in [2.24, 2.45) is 5.41 Å². The molecule has 55 heavy (non-hydrogen) atoms. The molecular formula is C46H83NO7P+. The summed E-state index contributed by atoms with van der Waals surface area (Å²) < 4.78 is 35.1. The van der Waals surface area contributed by atoms with Gasteiger partial charge in [-0.25, -0.2) is 9.36 Å². The predicted octanol–water partition coefficient (Wildman–Crippen LogP) is 12.5. The van der Waals surface area contributed by atoms with Crippen molar-refractivity contribution in [3.05, 3.63) is 58.7 Å². The Morgan fingerprint density at radius 3 is 1.93 bits per heavy atom. The van der Waals surface area contributed by atoms with Crippen molar-refractivity contribution in [2.45, 2.75) is 170 Å². The highest BCUT2D eigenvalue weighted by Gasteiger charge is 2.27. The summed E-state index contributed by atoms with van der Waals surface area (Å²) in [5, 5.41) is 0. The van der Waals surface area contributed by atoms with Crippen molar-refractivity contribution in [1.29, 1.82) is 0 Å². The third kappa shape index (κ3) is 28.3. The van der Waals surface area contributed by atoms with Crippen LogP contribution in [0.4, 0.5) is 0 Å². The van der Waals surface area contributed by atoms with Gasteiger partial charge in [-0.1, -0.05) is 159 Å². The van der Waals surface area contributed by atoms with E-state index < -0.39 is 19.9 Å². The maximum Gasteiger partial charge on any atom is 0.472 e. The van der Waals surface area contributed by atoms with Crippen LogP contribution in [0, 0.1) is 5.41 Å². The fourth-order valence-corrected chi connectivity index (χ4v) is 7.53. The van der Waals surface area contributed by atoms with Crippen molar-refractivity contribution in [3.63, 3.8) is 0 Å². The van der Waals surface area contributed by atoms with E-state index in [4.69, 9.17) is 18.5 Å². The zero-order chi connectivity index (χ0) is 41.0. The standard InChI is InChI=1S/C46H82NO7P/c1-10-11-12-13-14-15-16-17-18-19-20-21-22-23-24-25-35-51-38-43(39-53-55(49,50)52-36-34-47(7,8)9)54-45(48)37-41(3)29-26-28-40(2)31-32-44-42(4)30-27-33-46(44,5)6/h26,28-29,31-32,37,43H,10-25,27,30,33-36,38-39H2,1-9H3/p+1/b29-26+,32-31+,40-28+,41-37+. The molecule has 1 N–H and O–H groups in total. The Morgan fingerprint density at radius 1 is 0.818 bits per heavy atom. The summed E-state index contributed by atoms with van der Waals surface area (Å²) in [6.07, 6.45) is 35.2. The number of phosphoric acid groups is 1. The van der Waals surface area contributed by atoms with Crippen molar-refractivity contribution >= 4 is 13.8 Å². The summed E-state index contributed by atoms with van der Waals surface area (Å²) in [4.78, 5) is 23.1. The van der Waals surface area contributed by atoms with Gasteiger partial charge < -0.3 is 18.9 Å². The number of hydrogen-bond donors (Lipinski definition) is 1. The number of allylic oxidation sites excluding steroid dienone is 9. The molecule has 1 aliphatic rings. The van der Waals surface area contributed by atoms with Gasteiger partial charge in [-0.15, -0.1) is 0 Å². The second kappa shape index (κ2) is 29.4. The molecule has 2 unspecified atom stereocenters. The molecule has 2 atom stereocenters. The third-order valence-electron chi connectivity index (χ3n) is 10.3. The Hall–Kier alpha value is -1.80. The molecule has 0 spiro atoms. The number of carbonyl (C=O) groups excluding carboxylic acids is 1. The highest BCUT2D eigenvalue weighted by Crippen LogP contribution is 2.43. The van der Waals surface area contributed by atoms with E-state index in [9.17, 15) is 14.3 Å². The van der Waals surface area contributed by atoms with Gasteiger partial charge in [0, 0.05) is 12.7 Å². The molecule has 0 aromatic heterocycles. The van der Waals surface area contributed by atoms with Gasteiger partial charge in [0.25, 0.3) is 0 Å². The molecule has 0 bridgehead atoms. The average Bonchev–Trinajstić information content (AvgIpc) is 3.08. The average molecular weight is 793 g/mol. The smallest absolute Gasteiger partial charge is 0.454 e. The molecule has 0 radical (unpaired) electrons. The number of phosphoric ester groups is 1. The summed E-state index contributed by atoms with van der Waals surface area (Å²) in [6, 6.07) is 0. The molecule has 0 amide bonds. The van der Waals surface area contributed by atoms with Gasteiger partial charge in [-0.05, 0) is 63.0 Å². The Balaban J connectivity index is 2.54. The topological polar surface area (TPSA) is 91.3 Å². The van der Waals surface area contributed by atoms with Crippen molar-refractivity contribution in [2.75, 3.05) is 54.1 Å². The predicted molar refractivity (Wildman–Crippen MR) is 231 cm³/mol. The van der Waals surface area contributed by atoms with Crippen molar-refractivity contribution in [1.82, 2.24) is 0 Å². The van der Waals surface area contributed by atoms with Crippen LogP contribution in [-0.4, -0.2) is 75.6 Å². The quantitative estimate of drug-likeness (QED) is 0.0181. The highest BCUT2D eigenvalue weighted by atomic mass is 31.2. The number of quaternary nitrogens is 1. The van der Waals surface area contributed by atoms with E-state index in [0.29, 0.717) is 17.6 Å². The van der Waals surface area contributed by atoms with Crippen LogP contribution in [-0.2, 0) is 27.9 Å². The van der Waals surface area contributed by atoms with Crippen molar-refractivity contribution in [3.8, 4) is 0 Å². The van der Waals surface area contributed by atoms with Crippen LogP contribution in [0.15, 0.2) is 58.7 Å². The molecule has 1 rings (SSSR count). The molecule has 0 fully saturated rings. The van der Waals surface area contributed by atoms with Gasteiger partial charge in [-0.2, -0.15) is 0 Å². The first-order chi connectivity index (χ1) is 26.0. The lowest BCUT2D eigenvalue weighted by atomic mass is 9.72. The lowest BCUT2D eigenvalue weighted by Crippen LogP contribution is -2.37. The largest absolute Gasteiger partial charge is 0.472 e. The van der Waals surface area contributed by atoms with E-state index >= 15 is 0 Å². The summed E-state index contributed by atoms with van der Waals surface area (Å²) in [5.74, 6) is -0.567. The molecule has 0 heterocycles. The molecule has 8 nitrogen and oxygen atoms in total. The second-order valence-electron chi connectivity index (χ2n) is 17.5. The fraction of sp³-hybridized carbons (Fsp3) is 0.761. The maximum absolute atomic E-state index is 12.9. The number of ether oxygens (including phenoxy) is 2. The minimum absolute atomic E-state index is 0.0605.